The van der Waals surface area contributed by atoms with Gasteiger partial charge in [0, 0.05) is 0 Å². The maximum atomic E-state index is 2.18. The summed E-state index contributed by atoms with van der Waals surface area (Å²) in [6, 6.07) is 0. The molecule has 0 fully saturated rings. The molecule has 0 aliphatic carbocycles. The van der Waals surface area contributed by atoms with Crippen LogP contribution < -0.4 is 43.1 Å². The van der Waals surface area contributed by atoms with Gasteiger partial charge < -0.3 is 34.0 Å². The summed E-state index contributed by atoms with van der Waals surface area (Å²) in [7, 11) is 4.07. The lowest BCUT2D eigenvalue weighted by Crippen LogP contribution is -3.00. The van der Waals surface area contributed by atoms with Crippen LogP contribution in [0.1, 0.15) is 0 Å². The van der Waals surface area contributed by atoms with Crippen molar-refractivity contribution < 1.29 is 43.1 Å². The predicted molar refractivity (Wildman–Crippen MR) is 51.2 cm³/mol. The molecule has 0 N–H and O–H groups in total. The van der Waals surface area contributed by atoms with Gasteiger partial charge in [0.1, 0.15) is 37.9 Å². The Morgan fingerprint density at radius 2 is 1.19 bits per heavy atom. The average molecular weight is 352 g/mol. The Bertz CT molecular complexity index is 382. The fourth-order valence-corrected chi connectivity index (χ4v) is 1.50. The van der Waals surface area contributed by atoms with Crippen molar-refractivity contribution in [3.8, 4) is 0 Å². The van der Waals surface area contributed by atoms with Crippen molar-refractivity contribution in [3.63, 3.8) is 0 Å². The molecule has 0 saturated carbocycles. The number of nitrogens with zero attached hydrogens (tertiary/aromatic N) is 4. The predicted octanol–water partition coefficient (Wildman–Crippen LogP) is -6.35. The van der Waals surface area contributed by atoms with Crippen LogP contribution in [0.5, 0.6) is 0 Å². The Labute approximate surface area is 117 Å². The molecule has 2 aromatic rings. The van der Waals surface area contributed by atoms with Crippen molar-refractivity contribution in [2.24, 2.45) is 14.1 Å². The van der Waals surface area contributed by atoms with Gasteiger partial charge in [-0.2, -0.15) is 0 Å². The van der Waals surface area contributed by atoms with E-state index >= 15 is 0 Å². The second-order valence-electron chi connectivity index (χ2n) is 3.63. The SMILES string of the molecule is C[n+]1ccn(CCn2cc[n+](C)c2)c1.[Br-].[Br-]. The second kappa shape index (κ2) is 6.85. The van der Waals surface area contributed by atoms with E-state index in [1.807, 2.05) is 14.1 Å². The first-order valence-corrected chi connectivity index (χ1v) is 4.76. The van der Waals surface area contributed by atoms with Crippen LogP contribution in [0, 0.1) is 0 Å². The molecule has 0 aliphatic heterocycles. The lowest BCUT2D eigenvalue weighted by Gasteiger charge is -1.92. The summed E-state index contributed by atoms with van der Waals surface area (Å²) in [5, 5.41) is 0. The Morgan fingerprint density at radius 1 is 0.812 bits per heavy atom. The van der Waals surface area contributed by atoms with E-state index in [4.69, 9.17) is 0 Å². The molecule has 90 valence electrons. The molecule has 0 radical (unpaired) electrons. The number of rotatable bonds is 3. The highest BCUT2D eigenvalue weighted by atomic mass is 79.9. The molecule has 4 nitrogen and oxygen atoms in total. The van der Waals surface area contributed by atoms with Crippen molar-refractivity contribution in [1.29, 1.82) is 0 Å². The van der Waals surface area contributed by atoms with Crippen LogP contribution in [-0.2, 0) is 27.2 Å². The van der Waals surface area contributed by atoms with E-state index in [1.165, 1.54) is 0 Å². The Hall–Kier alpha value is -0.620. The number of aryl methyl sites for hydroxylation is 4. The quantitative estimate of drug-likeness (QED) is 0.490. The van der Waals surface area contributed by atoms with E-state index in [0.29, 0.717) is 0 Å². The molecule has 0 amide bonds. The Morgan fingerprint density at radius 3 is 1.44 bits per heavy atom. The minimum Gasteiger partial charge on any atom is -1.00 e. The molecule has 0 saturated heterocycles. The lowest BCUT2D eigenvalue weighted by atomic mass is 10.6. The van der Waals surface area contributed by atoms with E-state index < -0.39 is 0 Å². The van der Waals surface area contributed by atoms with Crippen molar-refractivity contribution >= 4 is 0 Å². The first kappa shape index (κ1) is 15.4. The van der Waals surface area contributed by atoms with Gasteiger partial charge in [-0.15, -0.1) is 0 Å². The highest BCUT2D eigenvalue weighted by Crippen LogP contribution is 1.89. The van der Waals surface area contributed by atoms with Crippen molar-refractivity contribution in [2.75, 3.05) is 0 Å². The molecule has 0 aromatic carbocycles. The van der Waals surface area contributed by atoms with Gasteiger partial charge in [0.25, 0.3) is 0 Å². The van der Waals surface area contributed by atoms with Gasteiger partial charge in [-0.3, -0.25) is 0 Å². The van der Waals surface area contributed by atoms with Gasteiger partial charge in [0.05, 0.1) is 14.1 Å². The molecule has 0 aliphatic rings. The molecule has 0 spiro atoms. The minimum absolute atomic E-state index is 0. The topological polar surface area (TPSA) is 17.6 Å². The van der Waals surface area contributed by atoms with E-state index in [-0.39, 0.29) is 34.0 Å². The van der Waals surface area contributed by atoms with Crippen molar-refractivity contribution in [2.45, 2.75) is 13.1 Å². The Kier molecular flexibility index (Phi) is 6.59. The first-order valence-electron chi connectivity index (χ1n) is 4.76. The summed E-state index contributed by atoms with van der Waals surface area (Å²) in [4.78, 5) is 0. The number of hydrogen-bond acceptors (Lipinski definition) is 0. The van der Waals surface area contributed by atoms with Gasteiger partial charge in [-0.05, 0) is 0 Å². The highest BCUT2D eigenvalue weighted by Gasteiger charge is 2.03. The van der Waals surface area contributed by atoms with Crippen LogP contribution in [0.3, 0.4) is 0 Å². The molecule has 0 bridgehead atoms. The third-order valence-electron chi connectivity index (χ3n) is 2.26. The van der Waals surface area contributed by atoms with Gasteiger partial charge in [-0.1, -0.05) is 0 Å². The molecule has 2 rings (SSSR count). The average Bonchev–Trinajstić information content (AvgIpc) is 2.72. The molecular formula is C10H16Br2N4. The Balaban J connectivity index is 0.00000112. The fourth-order valence-electron chi connectivity index (χ4n) is 1.50. The van der Waals surface area contributed by atoms with E-state index in [0.717, 1.165) is 13.1 Å². The summed E-state index contributed by atoms with van der Waals surface area (Å²) in [6.45, 7) is 2.02. The molecule has 6 heteroatoms. The van der Waals surface area contributed by atoms with E-state index in [9.17, 15) is 0 Å². The number of imidazole rings is 2. The maximum Gasteiger partial charge on any atom is 0.243 e. The molecule has 2 heterocycles. The lowest BCUT2D eigenvalue weighted by molar-refractivity contribution is -0.671. The van der Waals surface area contributed by atoms with Crippen LogP contribution in [0.4, 0.5) is 0 Å². The van der Waals surface area contributed by atoms with Crippen LogP contribution in [0.15, 0.2) is 37.4 Å². The zero-order valence-electron chi connectivity index (χ0n) is 9.42. The number of aromatic nitrogens is 4. The summed E-state index contributed by atoms with van der Waals surface area (Å²) in [5.41, 5.74) is 0. The van der Waals surface area contributed by atoms with E-state index in [1.54, 1.807) is 0 Å². The van der Waals surface area contributed by atoms with Gasteiger partial charge in [0.2, 0.25) is 12.7 Å². The van der Waals surface area contributed by atoms with Gasteiger partial charge in [0.15, 0.2) is 0 Å². The summed E-state index contributed by atoms with van der Waals surface area (Å²) in [6.07, 6.45) is 12.4. The third-order valence-corrected chi connectivity index (χ3v) is 2.26. The molecule has 0 unspecified atom stereocenters. The standard InChI is InChI=1S/C10H16N4.2BrH/c1-11-3-5-13(9-11)7-8-14-6-4-12(2)10-14;;/h3-6,9-10H,7-8H2,1-2H3;2*1H/q+2;;/p-2. The monoisotopic (exact) mass is 350 g/mol. The summed E-state index contributed by atoms with van der Waals surface area (Å²) >= 11 is 0. The molecule has 16 heavy (non-hydrogen) atoms. The molecule has 2 aromatic heterocycles. The number of halogens is 2. The van der Waals surface area contributed by atoms with Crippen LogP contribution in [0.25, 0.3) is 0 Å². The van der Waals surface area contributed by atoms with Crippen molar-refractivity contribution in [3.05, 3.63) is 37.4 Å². The number of hydrogen-bond donors (Lipinski definition) is 0. The highest BCUT2D eigenvalue weighted by molar-refractivity contribution is 4.69. The smallest absolute Gasteiger partial charge is 0.243 e. The third kappa shape index (κ3) is 4.09. The maximum absolute atomic E-state index is 2.18. The van der Waals surface area contributed by atoms with Crippen LogP contribution >= 0.6 is 0 Å². The second-order valence-corrected chi connectivity index (χ2v) is 3.63. The van der Waals surface area contributed by atoms with Crippen molar-refractivity contribution in [1.82, 2.24) is 9.13 Å². The summed E-state index contributed by atoms with van der Waals surface area (Å²) < 4.78 is 8.46. The first-order chi connectivity index (χ1) is 6.74. The van der Waals surface area contributed by atoms with Crippen LogP contribution in [0.2, 0.25) is 0 Å². The summed E-state index contributed by atoms with van der Waals surface area (Å²) in [5.74, 6) is 0. The minimum atomic E-state index is 0. The van der Waals surface area contributed by atoms with Gasteiger partial charge in [-0.25, -0.2) is 18.3 Å². The zero-order valence-corrected chi connectivity index (χ0v) is 12.6. The van der Waals surface area contributed by atoms with Gasteiger partial charge >= 0.3 is 0 Å². The fraction of sp³-hybridized carbons (Fsp3) is 0.400. The largest absolute Gasteiger partial charge is 1.00 e. The van der Waals surface area contributed by atoms with E-state index in [2.05, 4.69) is 55.7 Å². The molecule has 0 atom stereocenters. The van der Waals surface area contributed by atoms with Crippen LogP contribution in [-0.4, -0.2) is 9.13 Å². The normalized spacial score (nSPS) is 9.38. The molecular weight excluding hydrogens is 336 g/mol. The zero-order chi connectivity index (χ0) is 9.97.